The van der Waals surface area contributed by atoms with Crippen LogP contribution in [0.2, 0.25) is 0 Å². The maximum atomic E-state index is 13.8. The van der Waals surface area contributed by atoms with E-state index in [1.54, 1.807) is 11.5 Å². The molecule has 8 heteroatoms. The van der Waals surface area contributed by atoms with Crippen LogP contribution in [0.25, 0.3) is 17.0 Å². The zero-order valence-electron chi connectivity index (χ0n) is 19.3. The number of thiazole rings is 1. The third kappa shape index (κ3) is 3.76. The van der Waals surface area contributed by atoms with E-state index in [2.05, 4.69) is 23.6 Å². The number of aryl methyl sites for hydroxylation is 1. The molecule has 1 aromatic carbocycles. The summed E-state index contributed by atoms with van der Waals surface area (Å²) >= 11 is 2.90. The van der Waals surface area contributed by atoms with Gasteiger partial charge in [-0.05, 0) is 36.9 Å². The van der Waals surface area contributed by atoms with E-state index in [0.29, 0.717) is 27.0 Å². The van der Waals surface area contributed by atoms with Gasteiger partial charge in [-0.15, -0.1) is 11.3 Å². The minimum atomic E-state index is -0.536. The number of ether oxygens (including phenoxy) is 1. The topological polar surface area (TPSA) is 65.6 Å². The van der Waals surface area contributed by atoms with E-state index in [4.69, 9.17) is 9.73 Å². The van der Waals surface area contributed by atoms with Crippen molar-refractivity contribution in [2.24, 2.45) is 12.0 Å². The Balaban J connectivity index is 1.76. The Labute approximate surface area is 204 Å². The molecule has 1 atom stereocenters. The minimum Gasteiger partial charge on any atom is -0.463 e. The molecular weight excluding hydrogens is 466 g/mol. The lowest BCUT2D eigenvalue weighted by Gasteiger charge is -2.24. The monoisotopic (exact) mass is 491 g/mol. The summed E-state index contributed by atoms with van der Waals surface area (Å²) in [7, 11) is 2.00. The lowest BCUT2D eigenvalue weighted by atomic mass is 9.99. The number of rotatable bonds is 6. The van der Waals surface area contributed by atoms with Crippen molar-refractivity contribution in [3.05, 3.63) is 89.4 Å². The van der Waals surface area contributed by atoms with E-state index < -0.39 is 12.0 Å². The third-order valence-corrected chi connectivity index (χ3v) is 7.83. The van der Waals surface area contributed by atoms with Gasteiger partial charge in [0.1, 0.15) is 6.04 Å². The first-order valence-corrected chi connectivity index (χ1v) is 13.0. The number of carbonyl (C=O) groups is 1. The van der Waals surface area contributed by atoms with E-state index in [9.17, 15) is 9.59 Å². The van der Waals surface area contributed by atoms with Crippen molar-refractivity contribution in [1.82, 2.24) is 9.13 Å². The number of benzene rings is 1. The van der Waals surface area contributed by atoms with Crippen molar-refractivity contribution in [3.8, 4) is 0 Å². The number of thiophene rings is 1. The van der Waals surface area contributed by atoms with Gasteiger partial charge in [0.15, 0.2) is 4.80 Å². The van der Waals surface area contributed by atoms with Crippen molar-refractivity contribution in [2.75, 3.05) is 6.61 Å². The second-order valence-electron chi connectivity index (χ2n) is 8.14. The van der Waals surface area contributed by atoms with E-state index in [1.807, 2.05) is 49.0 Å². The molecule has 3 aromatic heterocycles. The number of aromatic nitrogens is 2. The number of fused-ring (bicyclic) bond motifs is 2. The van der Waals surface area contributed by atoms with Crippen molar-refractivity contribution in [2.45, 2.75) is 32.7 Å². The van der Waals surface area contributed by atoms with Gasteiger partial charge in [-0.1, -0.05) is 48.9 Å². The highest BCUT2D eigenvalue weighted by Crippen LogP contribution is 2.34. The van der Waals surface area contributed by atoms with Crippen molar-refractivity contribution >= 4 is 45.6 Å². The zero-order chi connectivity index (χ0) is 23.8. The predicted molar refractivity (Wildman–Crippen MR) is 137 cm³/mol. The molecule has 5 rings (SSSR count). The van der Waals surface area contributed by atoms with Crippen LogP contribution in [0.3, 0.4) is 0 Å². The third-order valence-electron chi connectivity index (χ3n) is 5.92. The van der Waals surface area contributed by atoms with Crippen LogP contribution in [0, 0.1) is 0 Å². The van der Waals surface area contributed by atoms with Crippen LogP contribution in [0.15, 0.2) is 69.0 Å². The Hall–Kier alpha value is -3.23. The molecule has 0 amide bonds. The van der Waals surface area contributed by atoms with Gasteiger partial charge < -0.3 is 9.30 Å². The number of hydrogen-bond acceptors (Lipinski definition) is 6. The number of allylic oxidation sites excluding steroid dienone is 1. The van der Waals surface area contributed by atoms with Gasteiger partial charge in [0.25, 0.3) is 5.56 Å². The standard InChI is InChI=1S/C26H25N3O3S2/c1-4-9-18-22(25(31)32-5-2)23(20-12-8-13-33-20)29-24(30)21(34-26(29)27-18)14-16-15-28(3)19-11-7-6-10-17(16)19/h6-8,10-15,23H,4-5,9H2,1-3H3/b21-14-/t23-/m0/s1. The molecule has 4 aromatic rings. The highest BCUT2D eigenvalue weighted by Gasteiger charge is 2.34. The lowest BCUT2D eigenvalue weighted by Crippen LogP contribution is -2.39. The number of esters is 1. The first-order chi connectivity index (χ1) is 16.5. The largest absolute Gasteiger partial charge is 0.463 e. The summed E-state index contributed by atoms with van der Waals surface area (Å²) in [5, 5.41) is 3.05. The summed E-state index contributed by atoms with van der Waals surface area (Å²) < 4.78 is 9.74. The van der Waals surface area contributed by atoms with E-state index >= 15 is 0 Å². The second-order valence-corrected chi connectivity index (χ2v) is 10.1. The van der Waals surface area contributed by atoms with Gasteiger partial charge >= 0.3 is 5.97 Å². The SMILES string of the molecule is CCCC1=C(C(=O)OCC)[C@H](c2cccs2)n2c(s/c(=C\c3cn(C)c4ccccc34)c2=O)=N1. The van der Waals surface area contributed by atoms with Gasteiger partial charge in [-0.25, -0.2) is 9.79 Å². The van der Waals surface area contributed by atoms with Gasteiger partial charge in [0, 0.05) is 34.6 Å². The molecule has 0 spiro atoms. The average molecular weight is 492 g/mol. The van der Waals surface area contributed by atoms with Crippen molar-refractivity contribution < 1.29 is 9.53 Å². The summed E-state index contributed by atoms with van der Waals surface area (Å²) in [5.41, 5.74) is 3.11. The second kappa shape index (κ2) is 9.19. The van der Waals surface area contributed by atoms with Crippen LogP contribution in [-0.4, -0.2) is 21.7 Å². The van der Waals surface area contributed by atoms with Crippen LogP contribution < -0.4 is 14.9 Å². The van der Waals surface area contributed by atoms with E-state index in [0.717, 1.165) is 27.8 Å². The number of para-hydroxylation sites is 1. The number of hydrogen-bond donors (Lipinski definition) is 0. The first kappa shape index (κ1) is 22.6. The molecular formula is C26H25N3O3S2. The summed E-state index contributed by atoms with van der Waals surface area (Å²) in [6, 6.07) is 11.5. The Morgan fingerprint density at radius 3 is 2.76 bits per heavy atom. The fourth-order valence-corrected chi connectivity index (χ4v) is 6.30. The molecule has 1 aliphatic heterocycles. The van der Waals surface area contributed by atoms with Crippen LogP contribution in [0.1, 0.15) is 43.2 Å². The fraction of sp³-hybridized carbons (Fsp3) is 0.269. The molecule has 6 nitrogen and oxygen atoms in total. The van der Waals surface area contributed by atoms with E-state index in [-0.39, 0.29) is 12.2 Å². The number of nitrogens with zero attached hydrogens (tertiary/aromatic N) is 3. The maximum Gasteiger partial charge on any atom is 0.338 e. The Morgan fingerprint density at radius 2 is 2.03 bits per heavy atom. The molecule has 0 bridgehead atoms. The van der Waals surface area contributed by atoms with Crippen LogP contribution >= 0.6 is 22.7 Å². The van der Waals surface area contributed by atoms with Crippen molar-refractivity contribution in [3.63, 3.8) is 0 Å². The highest BCUT2D eigenvalue weighted by molar-refractivity contribution is 7.10. The van der Waals surface area contributed by atoms with Crippen molar-refractivity contribution in [1.29, 1.82) is 0 Å². The van der Waals surface area contributed by atoms with Gasteiger partial charge in [-0.2, -0.15) is 0 Å². The molecule has 0 N–H and O–H groups in total. The highest BCUT2D eigenvalue weighted by atomic mass is 32.1. The molecule has 0 fully saturated rings. The Morgan fingerprint density at radius 1 is 1.21 bits per heavy atom. The molecule has 0 saturated heterocycles. The molecule has 0 aliphatic carbocycles. The van der Waals surface area contributed by atoms with Crippen LogP contribution in [-0.2, 0) is 16.6 Å². The molecule has 0 radical (unpaired) electrons. The predicted octanol–water partition coefficient (Wildman–Crippen LogP) is 4.13. The molecule has 0 saturated carbocycles. The van der Waals surface area contributed by atoms with Gasteiger partial charge in [0.2, 0.25) is 0 Å². The lowest BCUT2D eigenvalue weighted by molar-refractivity contribution is -0.139. The maximum absolute atomic E-state index is 13.8. The molecule has 1 aliphatic rings. The van der Waals surface area contributed by atoms with E-state index in [1.165, 1.54) is 22.7 Å². The Kier molecular flexibility index (Phi) is 6.10. The van der Waals surface area contributed by atoms with Crippen LogP contribution in [0.4, 0.5) is 0 Å². The summed E-state index contributed by atoms with van der Waals surface area (Å²) in [6.07, 6.45) is 5.45. The number of carbonyl (C=O) groups excluding carboxylic acids is 1. The van der Waals surface area contributed by atoms with Gasteiger partial charge in [0.05, 0.1) is 22.4 Å². The minimum absolute atomic E-state index is 0.146. The smallest absolute Gasteiger partial charge is 0.338 e. The van der Waals surface area contributed by atoms with Gasteiger partial charge in [-0.3, -0.25) is 9.36 Å². The fourth-order valence-electron chi connectivity index (χ4n) is 4.47. The normalized spacial score (nSPS) is 16.1. The first-order valence-electron chi connectivity index (χ1n) is 11.3. The van der Waals surface area contributed by atoms with Crippen LogP contribution in [0.5, 0.6) is 0 Å². The zero-order valence-corrected chi connectivity index (χ0v) is 20.9. The summed E-state index contributed by atoms with van der Waals surface area (Å²) in [4.78, 5) is 33.2. The summed E-state index contributed by atoms with van der Waals surface area (Å²) in [6.45, 7) is 4.11. The Bertz CT molecular complexity index is 1590. The molecule has 0 unspecified atom stereocenters. The summed E-state index contributed by atoms with van der Waals surface area (Å²) in [5.74, 6) is -0.406. The molecule has 174 valence electrons. The molecule has 4 heterocycles. The quantitative estimate of drug-likeness (QED) is 0.381. The molecule has 34 heavy (non-hydrogen) atoms. The average Bonchev–Trinajstić information content (AvgIpc) is 3.54.